The van der Waals surface area contributed by atoms with Gasteiger partial charge in [0.05, 0.1) is 50.2 Å². The van der Waals surface area contributed by atoms with Crippen LogP contribution in [-0.4, -0.2) is 66.4 Å². The van der Waals surface area contributed by atoms with Crippen LogP contribution < -0.4 is 9.47 Å². The molecule has 41 heavy (non-hydrogen) atoms. The molecule has 3 aliphatic heterocycles. The average Bonchev–Trinajstić information content (AvgIpc) is 3.37. The van der Waals surface area contributed by atoms with E-state index in [-0.39, 0.29) is 18.4 Å². The molecule has 1 fully saturated rings. The van der Waals surface area contributed by atoms with Gasteiger partial charge in [-0.1, -0.05) is 48.2 Å². The minimum Gasteiger partial charge on any atom is -0.493 e. The molecule has 2 aromatic rings. The maximum atomic E-state index is 13.5. The van der Waals surface area contributed by atoms with E-state index in [1.807, 2.05) is 84.5 Å². The maximum Gasteiger partial charge on any atom is 0.338 e. The molecule has 0 aliphatic carbocycles. The quantitative estimate of drug-likeness (QED) is 0.383. The Hall–Kier alpha value is -3.76. The first-order chi connectivity index (χ1) is 19.9. The number of nitrogens with zero attached hydrogens (tertiary/aromatic N) is 3. The van der Waals surface area contributed by atoms with Gasteiger partial charge in [-0.25, -0.2) is 9.79 Å². The summed E-state index contributed by atoms with van der Waals surface area (Å²) in [6.45, 7) is 8.04. The number of amidine groups is 1. The van der Waals surface area contributed by atoms with E-state index in [1.165, 1.54) is 11.8 Å². The second-order valence-corrected chi connectivity index (χ2v) is 11.0. The highest BCUT2D eigenvalue weighted by molar-refractivity contribution is 8.16. The number of carbonyl (C=O) groups excluding carboxylic acids is 2. The van der Waals surface area contributed by atoms with Crippen molar-refractivity contribution in [2.75, 3.05) is 33.4 Å². The van der Waals surface area contributed by atoms with Crippen molar-refractivity contribution in [2.45, 2.75) is 45.9 Å². The molecule has 1 atom stereocenters. The summed E-state index contributed by atoms with van der Waals surface area (Å²) in [5.74, 6) is 0.703. The summed E-state index contributed by atoms with van der Waals surface area (Å²) < 4.78 is 22.9. The first-order valence-electron chi connectivity index (χ1n) is 13.7. The molecule has 9 nitrogen and oxygen atoms in total. The van der Waals surface area contributed by atoms with Gasteiger partial charge in [-0.3, -0.25) is 4.79 Å². The van der Waals surface area contributed by atoms with Crippen LogP contribution in [0.15, 0.2) is 75.9 Å². The summed E-state index contributed by atoms with van der Waals surface area (Å²) >= 11 is 1.45. The van der Waals surface area contributed by atoms with Crippen molar-refractivity contribution in [3.05, 3.63) is 82.0 Å². The molecule has 0 bridgehead atoms. The van der Waals surface area contributed by atoms with Gasteiger partial charge >= 0.3 is 5.97 Å². The summed E-state index contributed by atoms with van der Waals surface area (Å²) in [5, 5.41) is 2.66. The van der Waals surface area contributed by atoms with Gasteiger partial charge in [0, 0.05) is 18.8 Å². The van der Waals surface area contributed by atoms with Crippen molar-refractivity contribution in [3.63, 3.8) is 0 Å². The second kappa shape index (κ2) is 12.8. The Morgan fingerprint density at radius 3 is 2.56 bits per heavy atom. The lowest BCUT2D eigenvalue weighted by molar-refractivity contribution is -0.143. The average molecular weight is 578 g/mol. The molecule has 10 heteroatoms. The molecule has 216 valence electrons. The fourth-order valence-corrected chi connectivity index (χ4v) is 5.98. The highest BCUT2D eigenvalue weighted by atomic mass is 32.2. The lowest BCUT2D eigenvalue weighted by Crippen LogP contribution is -2.42. The van der Waals surface area contributed by atoms with Crippen molar-refractivity contribution in [1.29, 1.82) is 0 Å². The summed E-state index contributed by atoms with van der Waals surface area (Å²) in [4.78, 5) is 35.3. The van der Waals surface area contributed by atoms with Crippen LogP contribution in [0.4, 0.5) is 0 Å². The Morgan fingerprint density at radius 2 is 1.85 bits per heavy atom. The van der Waals surface area contributed by atoms with E-state index in [0.717, 1.165) is 16.8 Å². The van der Waals surface area contributed by atoms with Gasteiger partial charge in [0.15, 0.2) is 16.7 Å². The minimum atomic E-state index is -0.565. The lowest BCUT2D eigenvalue weighted by atomic mass is 9.93. The molecule has 0 spiro atoms. The number of methoxy groups -OCH3 is 1. The SMILES string of the molecule is COc1cc([C@H]2C(C(=O)OC(C)C)=C(C)N=C3SC=C(CC(=O)N4CCOCC4)N32)ccc1OCc1ccccc1. The van der Waals surface area contributed by atoms with Gasteiger partial charge in [0.2, 0.25) is 5.91 Å². The number of esters is 1. The molecule has 2 aromatic carbocycles. The highest BCUT2D eigenvalue weighted by Gasteiger charge is 2.42. The zero-order valence-corrected chi connectivity index (χ0v) is 24.6. The van der Waals surface area contributed by atoms with E-state index in [1.54, 1.807) is 7.11 Å². The predicted octanol–water partition coefficient (Wildman–Crippen LogP) is 5.05. The molecule has 0 radical (unpaired) electrons. The van der Waals surface area contributed by atoms with Crippen LogP contribution in [0.25, 0.3) is 0 Å². The molecule has 3 aliphatic rings. The number of ether oxygens (including phenoxy) is 4. The number of hydrogen-bond donors (Lipinski definition) is 0. The van der Waals surface area contributed by atoms with E-state index < -0.39 is 12.0 Å². The third kappa shape index (κ3) is 6.44. The van der Waals surface area contributed by atoms with Gasteiger partial charge in [0.25, 0.3) is 0 Å². The van der Waals surface area contributed by atoms with E-state index in [2.05, 4.69) is 0 Å². The number of benzene rings is 2. The predicted molar refractivity (Wildman–Crippen MR) is 157 cm³/mol. The Balaban J connectivity index is 1.48. The third-order valence-corrected chi connectivity index (χ3v) is 7.89. The van der Waals surface area contributed by atoms with Crippen molar-refractivity contribution in [2.24, 2.45) is 4.99 Å². The van der Waals surface area contributed by atoms with Gasteiger partial charge in [-0.15, -0.1) is 0 Å². The largest absolute Gasteiger partial charge is 0.493 e. The van der Waals surface area contributed by atoms with E-state index >= 15 is 0 Å². The maximum absolute atomic E-state index is 13.5. The molecule has 1 amide bonds. The monoisotopic (exact) mass is 577 g/mol. The molecule has 3 heterocycles. The topological polar surface area (TPSA) is 89.9 Å². The number of morpholine rings is 1. The number of fused-ring (bicyclic) bond motifs is 1. The van der Waals surface area contributed by atoms with Crippen molar-refractivity contribution < 1.29 is 28.5 Å². The molecule has 5 rings (SSSR count). The van der Waals surface area contributed by atoms with Gasteiger partial charge in [-0.2, -0.15) is 0 Å². The van der Waals surface area contributed by atoms with E-state index in [9.17, 15) is 9.59 Å². The van der Waals surface area contributed by atoms with Crippen LogP contribution in [0.5, 0.6) is 11.5 Å². The minimum absolute atomic E-state index is 0.0139. The smallest absolute Gasteiger partial charge is 0.338 e. The van der Waals surface area contributed by atoms with Crippen LogP contribution in [0.3, 0.4) is 0 Å². The number of thioether (sulfide) groups is 1. The Bertz CT molecular complexity index is 1380. The van der Waals surface area contributed by atoms with Crippen molar-refractivity contribution >= 4 is 28.8 Å². The molecular weight excluding hydrogens is 542 g/mol. The molecular formula is C31H35N3O6S. The third-order valence-electron chi connectivity index (χ3n) is 7.00. The summed E-state index contributed by atoms with van der Waals surface area (Å²) in [6, 6.07) is 15.0. The fraction of sp³-hybridized carbons (Fsp3) is 0.387. The first-order valence-corrected chi connectivity index (χ1v) is 14.6. The Kier molecular flexibility index (Phi) is 8.99. The molecule has 1 saturated heterocycles. The zero-order chi connectivity index (χ0) is 28.9. The van der Waals surface area contributed by atoms with Gasteiger partial charge < -0.3 is 28.7 Å². The van der Waals surface area contributed by atoms with Crippen LogP contribution in [-0.2, 0) is 25.7 Å². The normalized spacial score (nSPS) is 18.6. The summed E-state index contributed by atoms with van der Waals surface area (Å²) in [5.41, 5.74) is 3.62. The van der Waals surface area contributed by atoms with Crippen molar-refractivity contribution in [1.82, 2.24) is 9.80 Å². The summed E-state index contributed by atoms with van der Waals surface area (Å²) in [6.07, 6.45) is -0.119. The Morgan fingerprint density at radius 1 is 1.10 bits per heavy atom. The molecule has 0 N–H and O–H groups in total. The number of carbonyl (C=O) groups is 2. The standard InChI is InChI=1S/C31H35N3O6S/c1-20(2)40-30(36)28-21(3)32-31-34(24(19-41-31)17-27(35)33-12-14-38-15-13-33)29(28)23-10-11-25(26(16-23)37-4)39-18-22-8-6-5-7-9-22/h5-11,16,19-20,29H,12-15,17-18H2,1-4H3/t29-/m0/s1. The number of aliphatic imine (C=N–C) groups is 1. The van der Waals surface area contributed by atoms with Crippen LogP contribution in [0, 0.1) is 0 Å². The van der Waals surface area contributed by atoms with Crippen LogP contribution in [0.1, 0.15) is 44.4 Å². The number of rotatable bonds is 9. The molecule has 0 aromatic heterocycles. The van der Waals surface area contributed by atoms with Crippen LogP contribution in [0.2, 0.25) is 0 Å². The highest BCUT2D eigenvalue weighted by Crippen LogP contribution is 2.46. The number of hydrogen-bond acceptors (Lipinski definition) is 9. The lowest BCUT2D eigenvalue weighted by Gasteiger charge is -2.37. The fourth-order valence-electron chi connectivity index (χ4n) is 5.01. The van der Waals surface area contributed by atoms with E-state index in [4.69, 9.17) is 23.9 Å². The Labute approximate surface area is 244 Å². The van der Waals surface area contributed by atoms with Gasteiger partial charge in [0.1, 0.15) is 6.61 Å². The van der Waals surface area contributed by atoms with E-state index in [0.29, 0.717) is 60.8 Å². The molecule has 0 saturated carbocycles. The van der Waals surface area contributed by atoms with Gasteiger partial charge in [-0.05, 0) is 49.4 Å². The second-order valence-electron chi connectivity index (χ2n) is 10.2. The molecule has 0 unspecified atom stereocenters. The number of allylic oxidation sites excluding steroid dienone is 1. The van der Waals surface area contributed by atoms with Crippen LogP contribution >= 0.6 is 11.8 Å². The number of amides is 1. The first kappa shape index (κ1) is 28.8. The summed E-state index contributed by atoms with van der Waals surface area (Å²) in [7, 11) is 1.59. The zero-order valence-electron chi connectivity index (χ0n) is 23.8. The van der Waals surface area contributed by atoms with Crippen molar-refractivity contribution in [3.8, 4) is 11.5 Å².